The number of hydrogen-bond acceptors (Lipinski definition) is 6. The highest BCUT2D eigenvalue weighted by atomic mass is 19.4. The summed E-state index contributed by atoms with van der Waals surface area (Å²) in [7, 11) is 1.14. The van der Waals surface area contributed by atoms with Gasteiger partial charge < -0.3 is 15.4 Å². The van der Waals surface area contributed by atoms with E-state index in [0.29, 0.717) is 0 Å². The molecule has 0 saturated heterocycles. The molecule has 2 aromatic carbocycles. The van der Waals surface area contributed by atoms with Gasteiger partial charge in [0, 0.05) is 11.3 Å². The number of amides is 1. The van der Waals surface area contributed by atoms with Crippen LogP contribution in [0.3, 0.4) is 0 Å². The number of rotatable bonds is 6. The second kappa shape index (κ2) is 9.04. The molecule has 168 valence electrons. The van der Waals surface area contributed by atoms with Gasteiger partial charge in [-0.05, 0) is 37.3 Å². The molecule has 8 nitrogen and oxygen atoms in total. The monoisotopic (exact) mass is 451 g/mol. The summed E-state index contributed by atoms with van der Waals surface area (Å²) >= 11 is 0. The van der Waals surface area contributed by atoms with Crippen LogP contribution >= 0.6 is 0 Å². The van der Waals surface area contributed by atoms with Crippen molar-refractivity contribution in [1.82, 2.24) is 14.8 Å². The van der Waals surface area contributed by atoms with Gasteiger partial charge in [-0.3, -0.25) is 4.79 Å². The minimum absolute atomic E-state index is 0.0649. The molecule has 0 fully saturated rings. The minimum Gasteiger partial charge on any atom is -0.465 e. The number of anilines is 2. The molecule has 32 heavy (non-hydrogen) atoms. The first-order chi connectivity index (χ1) is 15.1. The van der Waals surface area contributed by atoms with Crippen molar-refractivity contribution >= 4 is 23.3 Å². The van der Waals surface area contributed by atoms with Gasteiger partial charge in [0.15, 0.2) is 0 Å². The standard InChI is InChI=1S/C20H17F4N5O3/c1-11-14(21)5-12(19(31)32-2)6-15(11)26-8-18(30)28-16-7-13(20(22,23)24)3-4-17(16)29-10-25-9-27-29/h3-7,9-10,26H,8H2,1-2H3,(H,28,30). The molecule has 12 heteroatoms. The number of esters is 1. The van der Waals surface area contributed by atoms with Crippen LogP contribution in [-0.4, -0.2) is 40.3 Å². The Hall–Kier alpha value is -3.96. The van der Waals surface area contributed by atoms with Gasteiger partial charge >= 0.3 is 12.1 Å². The number of aromatic nitrogens is 3. The summed E-state index contributed by atoms with van der Waals surface area (Å²) in [4.78, 5) is 27.9. The van der Waals surface area contributed by atoms with Crippen LogP contribution in [0.15, 0.2) is 43.0 Å². The van der Waals surface area contributed by atoms with Gasteiger partial charge in [0.25, 0.3) is 0 Å². The molecule has 0 aliphatic heterocycles. The van der Waals surface area contributed by atoms with E-state index < -0.39 is 36.0 Å². The Labute approximate surface area is 179 Å². The topological polar surface area (TPSA) is 98.1 Å². The van der Waals surface area contributed by atoms with E-state index >= 15 is 0 Å². The van der Waals surface area contributed by atoms with Crippen molar-refractivity contribution < 1.29 is 31.9 Å². The average molecular weight is 451 g/mol. The van der Waals surface area contributed by atoms with Crippen molar-refractivity contribution in [3.8, 4) is 5.69 Å². The summed E-state index contributed by atoms with van der Waals surface area (Å²) < 4.78 is 59.3. The third kappa shape index (κ3) is 5.02. The summed E-state index contributed by atoms with van der Waals surface area (Å²) in [5, 5.41) is 8.93. The van der Waals surface area contributed by atoms with Crippen molar-refractivity contribution in [1.29, 1.82) is 0 Å². The molecule has 0 aliphatic carbocycles. The fourth-order valence-electron chi connectivity index (χ4n) is 2.81. The minimum atomic E-state index is -4.62. The van der Waals surface area contributed by atoms with E-state index in [9.17, 15) is 27.2 Å². The summed E-state index contributed by atoms with van der Waals surface area (Å²) in [6, 6.07) is 5.09. The van der Waals surface area contributed by atoms with Crippen LogP contribution in [0.2, 0.25) is 0 Å². The molecule has 2 N–H and O–H groups in total. The normalized spacial score (nSPS) is 11.2. The summed E-state index contributed by atoms with van der Waals surface area (Å²) in [6.07, 6.45) is -2.17. The van der Waals surface area contributed by atoms with Crippen LogP contribution < -0.4 is 10.6 Å². The first kappa shape index (κ1) is 22.7. The largest absolute Gasteiger partial charge is 0.465 e. The number of carbonyl (C=O) groups is 2. The van der Waals surface area contributed by atoms with Gasteiger partial charge in [-0.2, -0.15) is 18.3 Å². The highest BCUT2D eigenvalue weighted by molar-refractivity contribution is 5.96. The first-order valence-corrected chi connectivity index (χ1v) is 9.08. The number of nitrogens with one attached hydrogen (secondary N) is 2. The molecule has 3 rings (SSSR count). The quantitative estimate of drug-likeness (QED) is 0.439. The fourth-order valence-corrected chi connectivity index (χ4v) is 2.81. The van der Waals surface area contributed by atoms with E-state index in [2.05, 4.69) is 25.5 Å². The van der Waals surface area contributed by atoms with Crippen LogP contribution in [0.1, 0.15) is 21.5 Å². The number of methoxy groups -OCH3 is 1. The van der Waals surface area contributed by atoms with E-state index in [1.54, 1.807) is 0 Å². The number of ether oxygens (including phenoxy) is 1. The SMILES string of the molecule is COC(=O)c1cc(F)c(C)c(NCC(=O)Nc2cc(C(F)(F)F)ccc2-n2cncn2)c1. The Morgan fingerprint density at radius 3 is 2.53 bits per heavy atom. The van der Waals surface area contributed by atoms with E-state index in [1.165, 1.54) is 30.3 Å². The molecule has 1 heterocycles. The van der Waals surface area contributed by atoms with Crippen molar-refractivity contribution in [2.45, 2.75) is 13.1 Å². The zero-order valence-corrected chi connectivity index (χ0v) is 16.8. The Morgan fingerprint density at radius 1 is 1.16 bits per heavy atom. The predicted molar refractivity (Wildman–Crippen MR) is 106 cm³/mol. The summed E-state index contributed by atoms with van der Waals surface area (Å²) in [5.41, 5.74) is -0.714. The third-order valence-electron chi connectivity index (χ3n) is 4.47. The second-order valence-corrected chi connectivity index (χ2v) is 6.59. The lowest BCUT2D eigenvalue weighted by atomic mass is 10.1. The molecular formula is C20H17F4N5O3. The van der Waals surface area contributed by atoms with Crippen LogP contribution in [0.5, 0.6) is 0 Å². The smallest absolute Gasteiger partial charge is 0.416 e. The molecule has 0 unspecified atom stereocenters. The zero-order chi connectivity index (χ0) is 23.5. The molecule has 0 radical (unpaired) electrons. The highest BCUT2D eigenvalue weighted by Gasteiger charge is 2.31. The molecule has 0 saturated carbocycles. The Kier molecular flexibility index (Phi) is 6.42. The van der Waals surface area contributed by atoms with Crippen molar-refractivity contribution in [3.63, 3.8) is 0 Å². The van der Waals surface area contributed by atoms with Crippen LogP contribution in [0.25, 0.3) is 5.69 Å². The fraction of sp³-hybridized carbons (Fsp3) is 0.200. The van der Waals surface area contributed by atoms with E-state index in [1.807, 2.05) is 0 Å². The third-order valence-corrected chi connectivity index (χ3v) is 4.47. The van der Waals surface area contributed by atoms with Crippen LogP contribution in [-0.2, 0) is 15.7 Å². The maximum atomic E-state index is 14.1. The van der Waals surface area contributed by atoms with E-state index in [0.717, 1.165) is 31.4 Å². The average Bonchev–Trinajstić information content (AvgIpc) is 3.28. The summed E-state index contributed by atoms with van der Waals surface area (Å²) in [5.74, 6) is -2.17. The number of halogens is 4. The first-order valence-electron chi connectivity index (χ1n) is 9.08. The maximum absolute atomic E-state index is 14.1. The molecule has 0 spiro atoms. The Bertz CT molecular complexity index is 1150. The van der Waals surface area contributed by atoms with Crippen LogP contribution in [0.4, 0.5) is 28.9 Å². The number of benzene rings is 2. The van der Waals surface area contributed by atoms with Gasteiger partial charge in [-0.25, -0.2) is 18.9 Å². The van der Waals surface area contributed by atoms with Crippen molar-refractivity contribution in [2.24, 2.45) is 0 Å². The van der Waals surface area contributed by atoms with Crippen molar-refractivity contribution in [2.75, 3.05) is 24.3 Å². The van der Waals surface area contributed by atoms with Gasteiger partial charge in [0.05, 0.1) is 36.2 Å². The Balaban J connectivity index is 1.82. The van der Waals surface area contributed by atoms with Gasteiger partial charge in [-0.15, -0.1) is 0 Å². The lowest BCUT2D eigenvalue weighted by Gasteiger charge is -2.15. The molecule has 0 atom stereocenters. The molecule has 0 aliphatic rings. The van der Waals surface area contributed by atoms with Crippen LogP contribution in [0, 0.1) is 12.7 Å². The van der Waals surface area contributed by atoms with Crippen molar-refractivity contribution in [3.05, 3.63) is 65.5 Å². The lowest BCUT2D eigenvalue weighted by molar-refractivity contribution is -0.137. The highest BCUT2D eigenvalue weighted by Crippen LogP contribution is 2.33. The number of hydrogen-bond donors (Lipinski definition) is 2. The molecule has 1 amide bonds. The van der Waals surface area contributed by atoms with Gasteiger partial charge in [0.2, 0.25) is 5.91 Å². The maximum Gasteiger partial charge on any atom is 0.416 e. The number of nitrogens with zero attached hydrogens (tertiary/aromatic N) is 3. The predicted octanol–water partition coefficient (Wildman–Crippen LogP) is 3.57. The molecule has 3 aromatic rings. The summed E-state index contributed by atoms with van der Waals surface area (Å²) in [6.45, 7) is 1.02. The molecular weight excluding hydrogens is 434 g/mol. The van der Waals surface area contributed by atoms with Gasteiger partial charge in [0.1, 0.15) is 18.5 Å². The Morgan fingerprint density at radius 2 is 1.91 bits per heavy atom. The molecule has 1 aromatic heterocycles. The lowest BCUT2D eigenvalue weighted by Crippen LogP contribution is -2.23. The molecule has 0 bridgehead atoms. The number of alkyl halides is 3. The zero-order valence-electron chi connectivity index (χ0n) is 16.8. The van der Waals surface area contributed by atoms with E-state index in [4.69, 9.17) is 0 Å². The number of carbonyl (C=O) groups excluding carboxylic acids is 2. The van der Waals surface area contributed by atoms with Gasteiger partial charge in [-0.1, -0.05) is 0 Å². The van der Waals surface area contributed by atoms with E-state index in [-0.39, 0.29) is 28.2 Å². The second-order valence-electron chi connectivity index (χ2n) is 6.59.